The van der Waals surface area contributed by atoms with Crippen molar-refractivity contribution in [3.05, 3.63) is 62.1 Å². The van der Waals surface area contributed by atoms with Crippen molar-refractivity contribution in [2.75, 3.05) is 0 Å². The highest BCUT2D eigenvalue weighted by Crippen LogP contribution is 2.48. The monoisotopic (exact) mass is 329 g/mol. The third kappa shape index (κ3) is 1.59. The van der Waals surface area contributed by atoms with Crippen molar-refractivity contribution in [1.29, 1.82) is 0 Å². The second-order valence-corrected chi connectivity index (χ2v) is 5.45. The summed E-state index contributed by atoms with van der Waals surface area (Å²) in [7, 11) is 0. The van der Waals surface area contributed by atoms with Crippen LogP contribution in [-0.2, 0) is 5.60 Å². The summed E-state index contributed by atoms with van der Waals surface area (Å²) in [5.41, 5.74) is 0.717. The summed E-state index contributed by atoms with van der Waals surface area (Å²) in [5, 5.41) is 21.6. The van der Waals surface area contributed by atoms with Crippen LogP contribution in [0.25, 0.3) is 11.1 Å². The number of nitro benzene ring substituents is 1. The number of rotatable bonds is 1. The van der Waals surface area contributed by atoms with Crippen LogP contribution in [0.3, 0.4) is 0 Å². The third-order valence-electron chi connectivity index (χ3n) is 3.47. The summed E-state index contributed by atoms with van der Waals surface area (Å²) in [6.07, 6.45) is 5.49. The lowest BCUT2D eigenvalue weighted by molar-refractivity contribution is -0.385. The van der Waals surface area contributed by atoms with Gasteiger partial charge in [0.25, 0.3) is 5.69 Å². The maximum absolute atomic E-state index is 10.9. The molecule has 1 aliphatic rings. The lowest BCUT2D eigenvalue weighted by atomic mass is 9.92. The predicted octanol–water partition coefficient (Wildman–Crippen LogP) is 3.21. The molecule has 0 spiro atoms. The van der Waals surface area contributed by atoms with Crippen LogP contribution in [0.1, 0.15) is 11.1 Å². The van der Waals surface area contributed by atoms with E-state index in [1.165, 1.54) is 12.1 Å². The molecule has 2 aromatic rings. The SMILES string of the molecule is C#CC1(O)c2cc(Br)ccc2-c2ccc([N+](=O)[O-])cc21. The molecule has 0 amide bonds. The zero-order valence-corrected chi connectivity index (χ0v) is 11.7. The van der Waals surface area contributed by atoms with E-state index >= 15 is 0 Å². The van der Waals surface area contributed by atoms with Crippen LogP contribution in [-0.4, -0.2) is 10.0 Å². The van der Waals surface area contributed by atoms with E-state index in [-0.39, 0.29) is 5.69 Å². The standard InChI is InChI=1S/C15H8BrNO3/c1-2-15(18)13-7-9(16)3-5-11(13)12-6-4-10(17(19)20)8-14(12)15/h1,3-8,18H. The summed E-state index contributed by atoms with van der Waals surface area (Å²) in [6.45, 7) is 0. The number of hydrogen-bond donors (Lipinski definition) is 1. The van der Waals surface area contributed by atoms with Gasteiger partial charge in [0.1, 0.15) is 0 Å². The molecule has 1 atom stereocenters. The van der Waals surface area contributed by atoms with Gasteiger partial charge in [0.05, 0.1) is 4.92 Å². The maximum atomic E-state index is 10.9. The first-order chi connectivity index (χ1) is 9.47. The Kier molecular flexibility index (Phi) is 2.68. The molecule has 0 bridgehead atoms. The first kappa shape index (κ1) is 12.9. The second kappa shape index (κ2) is 4.17. The molecule has 1 N–H and O–H groups in total. The molecular weight excluding hydrogens is 322 g/mol. The molecule has 5 heteroatoms. The number of non-ortho nitro benzene ring substituents is 1. The van der Waals surface area contributed by atoms with Gasteiger partial charge in [-0.15, -0.1) is 6.42 Å². The van der Waals surface area contributed by atoms with Gasteiger partial charge in [-0.25, -0.2) is 0 Å². The summed E-state index contributed by atoms with van der Waals surface area (Å²) in [5.74, 6) is 2.36. The van der Waals surface area contributed by atoms with Gasteiger partial charge in [-0.3, -0.25) is 10.1 Å². The van der Waals surface area contributed by atoms with Gasteiger partial charge in [-0.2, -0.15) is 0 Å². The molecule has 0 radical (unpaired) electrons. The molecule has 1 unspecified atom stereocenters. The molecule has 0 saturated carbocycles. The van der Waals surface area contributed by atoms with Crippen molar-refractivity contribution in [3.8, 4) is 23.5 Å². The first-order valence-corrected chi connectivity index (χ1v) is 6.56. The van der Waals surface area contributed by atoms with Crippen LogP contribution in [0.4, 0.5) is 5.69 Å². The number of terminal acetylenes is 1. The highest BCUT2D eigenvalue weighted by Gasteiger charge is 2.41. The van der Waals surface area contributed by atoms with E-state index in [2.05, 4.69) is 21.9 Å². The zero-order chi connectivity index (χ0) is 14.5. The van der Waals surface area contributed by atoms with E-state index in [0.29, 0.717) is 11.1 Å². The fourth-order valence-corrected chi connectivity index (χ4v) is 2.89. The van der Waals surface area contributed by atoms with Crippen molar-refractivity contribution >= 4 is 21.6 Å². The first-order valence-electron chi connectivity index (χ1n) is 5.77. The van der Waals surface area contributed by atoms with Gasteiger partial charge in [-0.05, 0) is 29.3 Å². The zero-order valence-electron chi connectivity index (χ0n) is 10.1. The Morgan fingerprint density at radius 3 is 2.40 bits per heavy atom. The number of hydrogen-bond acceptors (Lipinski definition) is 3. The number of benzene rings is 2. The number of fused-ring (bicyclic) bond motifs is 3. The van der Waals surface area contributed by atoms with Gasteiger partial charge < -0.3 is 5.11 Å². The Labute approximate surface area is 123 Å². The Bertz CT molecular complexity index is 794. The molecule has 20 heavy (non-hydrogen) atoms. The van der Waals surface area contributed by atoms with Crippen LogP contribution < -0.4 is 0 Å². The fraction of sp³-hybridized carbons (Fsp3) is 0.0667. The molecule has 1 aliphatic carbocycles. The number of nitrogens with zero attached hydrogens (tertiary/aromatic N) is 1. The minimum absolute atomic E-state index is 0.0932. The number of halogens is 1. The lowest BCUT2D eigenvalue weighted by Gasteiger charge is -2.18. The van der Waals surface area contributed by atoms with Crippen molar-refractivity contribution in [3.63, 3.8) is 0 Å². The second-order valence-electron chi connectivity index (χ2n) is 4.53. The van der Waals surface area contributed by atoms with E-state index < -0.39 is 10.5 Å². The Hall–Kier alpha value is -2.16. The van der Waals surface area contributed by atoms with Gasteiger partial charge in [0.2, 0.25) is 0 Å². The van der Waals surface area contributed by atoms with Gasteiger partial charge in [0.15, 0.2) is 5.60 Å². The van der Waals surface area contributed by atoms with Gasteiger partial charge in [0, 0.05) is 27.7 Å². The van der Waals surface area contributed by atoms with E-state index in [4.69, 9.17) is 6.42 Å². The average molecular weight is 330 g/mol. The quantitative estimate of drug-likeness (QED) is 0.496. The van der Waals surface area contributed by atoms with Gasteiger partial charge in [-0.1, -0.05) is 27.9 Å². The van der Waals surface area contributed by atoms with Crippen molar-refractivity contribution in [2.45, 2.75) is 5.60 Å². The molecular formula is C15H8BrNO3. The Balaban J connectivity index is 2.36. The molecule has 0 saturated heterocycles. The summed E-state index contributed by atoms with van der Waals surface area (Å²) in [6, 6.07) is 9.78. The molecule has 3 rings (SSSR count). The molecule has 2 aromatic carbocycles. The normalized spacial score (nSPS) is 19.1. The van der Waals surface area contributed by atoms with Crippen LogP contribution >= 0.6 is 15.9 Å². The highest BCUT2D eigenvalue weighted by molar-refractivity contribution is 9.10. The topological polar surface area (TPSA) is 63.4 Å². The maximum Gasteiger partial charge on any atom is 0.269 e. The average Bonchev–Trinajstić information content (AvgIpc) is 2.69. The van der Waals surface area contributed by atoms with Crippen LogP contribution in [0, 0.1) is 22.5 Å². The van der Waals surface area contributed by atoms with Crippen molar-refractivity contribution in [1.82, 2.24) is 0 Å². The summed E-state index contributed by atoms with van der Waals surface area (Å²) in [4.78, 5) is 10.4. The minimum atomic E-state index is -1.64. The van der Waals surface area contributed by atoms with E-state index in [1.807, 2.05) is 12.1 Å². The third-order valence-corrected chi connectivity index (χ3v) is 3.97. The van der Waals surface area contributed by atoms with E-state index in [9.17, 15) is 15.2 Å². The summed E-state index contributed by atoms with van der Waals surface area (Å²) >= 11 is 3.34. The number of nitro groups is 1. The molecule has 0 aliphatic heterocycles. The fourth-order valence-electron chi connectivity index (χ4n) is 2.53. The summed E-state index contributed by atoms with van der Waals surface area (Å²) < 4.78 is 0.784. The van der Waals surface area contributed by atoms with E-state index in [1.54, 1.807) is 12.1 Å². The number of aliphatic hydroxyl groups is 1. The lowest BCUT2D eigenvalue weighted by Crippen LogP contribution is -2.21. The predicted molar refractivity (Wildman–Crippen MR) is 78.1 cm³/mol. The Morgan fingerprint density at radius 1 is 1.20 bits per heavy atom. The van der Waals surface area contributed by atoms with Crippen LogP contribution in [0.2, 0.25) is 0 Å². The molecule has 0 fully saturated rings. The van der Waals surface area contributed by atoms with E-state index in [0.717, 1.165) is 15.6 Å². The van der Waals surface area contributed by atoms with Crippen LogP contribution in [0.5, 0.6) is 0 Å². The minimum Gasteiger partial charge on any atom is -0.369 e. The van der Waals surface area contributed by atoms with Crippen LogP contribution in [0.15, 0.2) is 40.9 Å². The molecule has 0 heterocycles. The Morgan fingerprint density at radius 2 is 1.80 bits per heavy atom. The van der Waals surface area contributed by atoms with Crippen molar-refractivity contribution < 1.29 is 10.0 Å². The molecule has 98 valence electrons. The van der Waals surface area contributed by atoms with Gasteiger partial charge >= 0.3 is 0 Å². The molecule has 4 nitrogen and oxygen atoms in total. The highest BCUT2D eigenvalue weighted by atomic mass is 79.9. The largest absolute Gasteiger partial charge is 0.369 e. The smallest absolute Gasteiger partial charge is 0.269 e. The molecule has 0 aromatic heterocycles. The van der Waals surface area contributed by atoms with Crippen molar-refractivity contribution in [2.24, 2.45) is 0 Å².